The maximum absolute atomic E-state index is 12.2. The molecule has 0 fully saturated rings. The van der Waals surface area contributed by atoms with Gasteiger partial charge in [0.1, 0.15) is 11.8 Å². The Morgan fingerprint density at radius 2 is 1.88 bits per heavy atom. The molecule has 2 aromatic rings. The van der Waals surface area contributed by atoms with Crippen LogP contribution in [0.25, 0.3) is 0 Å². The van der Waals surface area contributed by atoms with Crippen LogP contribution in [0.5, 0.6) is 5.75 Å². The molecule has 2 N–H and O–H groups in total. The molecular weight excluding hydrogens is 322 g/mol. The molecule has 2 rings (SSSR count). The van der Waals surface area contributed by atoms with Crippen molar-refractivity contribution in [3.63, 3.8) is 0 Å². The molecule has 0 saturated carbocycles. The van der Waals surface area contributed by atoms with Crippen molar-refractivity contribution in [2.45, 2.75) is 19.5 Å². The van der Waals surface area contributed by atoms with Gasteiger partial charge in [-0.05, 0) is 42.3 Å². The minimum Gasteiger partial charge on any atom is -0.508 e. The van der Waals surface area contributed by atoms with Crippen molar-refractivity contribution in [3.05, 3.63) is 65.2 Å². The second-order valence-corrected chi connectivity index (χ2v) is 5.35. The highest BCUT2D eigenvalue weighted by Crippen LogP contribution is 2.20. The smallest absolute Gasteiger partial charge is 0.337 e. The van der Waals surface area contributed by atoms with Crippen LogP contribution < -0.4 is 5.32 Å². The third kappa shape index (κ3) is 5.06. The monoisotopic (exact) mass is 343 g/mol. The molecule has 25 heavy (non-hydrogen) atoms. The lowest BCUT2D eigenvalue weighted by molar-refractivity contribution is -0.145. The highest BCUT2D eigenvalue weighted by Gasteiger charge is 2.21. The van der Waals surface area contributed by atoms with Crippen molar-refractivity contribution in [2.75, 3.05) is 13.7 Å². The number of nitrogens with one attached hydrogen (secondary N) is 1. The molecule has 6 nitrogen and oxygen atoms in total. The van der Waals surface area contributed by atoms with E-state index in [0.29, 0.717) is 17.7 Å². The summed E-state index contributed by atoms with van der Waals surface area (Å²) in [5, 5.41) is 12.8. The molecule has 2 aromatic carbocycles. The summed E-state index contributed by atoms with van der Waals surface area (Å²) < 4.78 is 9.77. The zero-order valence-electron chi connectivity index (χ0n) is 14.2. The molecule has 132 valence electrons. The van der Waals surface area contributed by atoms with E-state index in [1.165, 1.54) is 19.2 Å². The third-order valence-electron chi connectivity index (χ3n) is 3.61. The zero-order valence-corrected chi connectivity index (χ0v) is 14.2. The Morgan fingerprint density at radius 1 is 1.16 bits per heavy atom. The van der Waals surface area contributed by atoms with Gasteiger partial charge in [-0.2, -0.15) is 0 Å². The van der Waals surface area contributed by atoms with E-state index < -0.39 is 18.0 Å². The number of phenolic OH excluding ortho intramolecular Hbond substituents is 1. The van der Waals surface area contributed by atoms with Crippen LogP contribution in [-0.2, 0) is 20.8 Å². The molecular formula is C19H21NO5. The van der Waals surface area contributed by atoms with Crippen molar-refractivity contribution < 1.29 is 24.2 Å². The topological polar surface area (TPSA) is 84.9 Å². The van der Waals surface area contributed by atoms with Gasteiger partial charge in [-0.3, -0.25) is 5.32 Å². The number of methoxy groups -OCH3 is 1. The highest BCUT2D eigenvalue weighted by atomic mass is 16.5. The Labute approximate surface area is 146 Å². The summed E-state index contributed by atoms with van der Waals surface area (Å²) in [6.07, 6.45) is 0. The van der Waals surface area contributed by atoms with E-state index in [2.05, 4.69) is 10.1 Å². The van der Waals surface area contributed by atoms with Gasteiger partial charge in [0.05, 0.1) is 19.3 Å². The van der Waals surface area contributed by atoms with E-state index in [0.717, 1.165) is 5.56 Å². The molecule has 0 aliphatic carbocycles. The van der Waals surface area contributed by atoms with Crippen LogP contribution in [0.4, 0.5) is 0 Å². The first-order valence-electron chi connectivity index (χ1n) is 7.91. The summed E-state index contributed by atoms with van der Waals surface area (Å²) in [4.78, 5) is 23.7. The molecule has 0 aromatic heterocycles. The first-order chi connectivity index (χ1) is 12.0. The fraction of sp³-hybridized carbons (Fsp3) is 0.263. The van der Waals surface area contributed by atoms with Crippen LogP contribution in [0.3, 0.4) is 0 Å². The quantitative estimate of drug-likeness (QED) is 0.752. The number of rotatable bonds is 7. The standard InChI is InChI=1S/C19H21NO5/c1-3-25-19(23)17(15-5-4-6-16(21)11-15)20-12-13-7-9-14(10-8-13)18(22)24-2/h4-11,17,20-21H,3,12H2,1-2H3. The lowest BCUT2D eigenvalue weighted by atomic mass is 10.1. The zero-order chi connectivity index (χ0) is 18.2. The molecule has 6 heteroatoms. The third-order valence-corrected chi connectivity index (χ3v) is 3.61. The van der Waals surface area contributed by atoms with E-state index in [4.69, 9.17) is 4.74 Å². The summed E-state index contributed by atoms with van der Waals surface area (Å²) in [5.74, 6) is -0.737. The van der Waals surface area contributed by atoms with E-state index in [1.807, 2.05) is 0 Å². The largest absolute Gasteiger partial charge is 0.508 e. The molecule has 0 radical (unpaired) electrons. The van der Waals surface area contributed by atoms with Crippen LogP contribution in [0, 0.1) is 0 Å². The number of carbonyl (C=O) groups is 2. The van der Waals surface area contributed by atoms with Crippen molar-refractivity contribution >= 4 is 11.9 Å². The Kier molecular flexibility index (Phi) is 6.54. The maximum atomic E-state index is 12.2. The van der Waals surface area contributed by atoms with Gasteiger partial charge in [0.25, 0.3) is 0 Å². The molecule has 1 atom stereocenters. The van der Waals surface area contributed by atoms with Gasteiger partial charge >= 0.3 is 11.9 Å². The predicted molar refractivity (Wildman–Crippen MR) is 92.1 cm³/mol. The average Bonchev–Trinajstić information content (AvgIpc) is 2.62. The van der Waals surface area contributed by atoms with E-state index >= 15 is 0 Å². The van der Waals surface area contributed by atoms with Gasteiger partial charge in [0, 0.05) is 6.54 Å². The van der Waals surface area contributed by atoms with Crippen LogP contribution in [0.15, 0.2) is 48.5 Å². The molecule has 0 aliphatic heterocycles. The lowest BCUT2D eigenvalue weighted by Gasteiger charge is -2.18. The van der Waals surface area contributed by atoms with Crippen LogP contribution in [0.2, 0.25) is 0 Å². The van der Waals surface area contributed by atoms with Crippen molar-refractivity contribution in [3.8, 4) is 5.75 Å². The summed E-state index contributed by atoms with van der Waals surface area (Å²) in [6, 6.07) is 12.7. The van der Waals surface area contributed by atoms with E-state index in [9.17, 15) is 14.7 Å². The number of aromatic hydroxyl groups is 1. The minimum atomic E-state index is -0.702. The van der Waals surface area contributed by atoms with Crippen molar-refractivity contribution in [2.24, 2.45) is 0 Å². The Hall–Kier alpha value is -2.86. The Morgan fingerprint density at radius 3 is 2.48 bits per heavy atom. The number of esters is 2. The fourth-order valence-electron chi connectivity index (χ4n) is 2.36. The molecule has 0 saturated heterocycles. The number of hydrogen-bond acceptors (Lipinski definition) is 6. The summed E-state index contributed by atoms with van der Waals surface area (Å²) in [5.41, 5.74) is 1.97. The molecule has 0 bridgehead atoms. The van der Waals surface area contributed by atoms with Gasteiger partial charge in [0.2, 0.25) is 0 Å². The Balaban J connectivity index is 2.11. The number of benzene rings is 2. The average molecular weight is 343 g/mol. The minimum absolute atomic E-state index is 0.0797. The van der Waals surface area contributed by atoms with Crippen LogP contribution >= 0.6 is 0 Å². The normalized spacial score (nSPS) is 11.6. The van der Waals surface area contributed by atoms with Gasteiger partial charge < -0.3 is 14.6 Å². The summed E-state index contributed by atoms with van der Waals surface area (Å²) in [6.45, 7) is 2.40. The van der Waals surface area contributed by atoms with Crippen molar-refractivity contribution in [1.82, 2.24) is 5.32 Å². The van der Waals surface area contributed by atoms with Gasteiger partial charge in [-0.1, -0.05) is 24.3 Å². The molecule has 1 unspecified atom stereocenters. The van der Waals surface area contributed by atoms with E-state index in [-0.39, 0.29) is 12.4 Å². The number of phenols is 1. The second kappa shape index (κ2) is 8.84. The van der Waals surface area contributed by atoms with Crippen LogP contribution in [0.1, 0.15) is 34.5 Å². The summed E-state index contributed by atoms with van der Waals surface area (Å²) in [7, 11) is 1.33. The maximum Gasteiger partial charge on any atom is 0.337 e. The molecule has 0 spiro atoms. The van der Waals surface area contributed by atoms with Crippen LogP contribution in [-0.4, -0.2) is 30.8 Å². The second-order valence-electron chi connectivity index (χ2n) is 5.35. The SMILES string of the molecule is CCOC(=O)C(NCc1ccc(C(=O)OC)cc1)c1cccc(O)c1. The first-order valence-corrected chi connectivity index (χ1v) is 7.91. The number of ether oxygens (including phenoxy) is 2. The number of carbonyl (C=O) groups excluding carboxylic acids is 2. The predicted octanol–water partition coefficient (Wildman–Crippen LogP) is 2.57. The number of hydrogen-bond donors (Lipinski definition) is 2. The fourth-order valence-corrected chi connectivity index (χ4v) is 2.36. The van der Waals surface area contributed by atoms with Gasteiger partial charge in [-0.25, -0.2) is 9.59 Å². The highest BCUT2D eigenvalue weighted by molar-refractivity contribution is 5.89. The first kappa shape index (κ1) is 18.5. The van der Waals surface area contributed by atoms with Gasteiger partial charge in [0.15, 0.2) is 0 Å². The molecule has 0 aliphatic rings. The van der Waals surface area contributed by atoms with E-state index in [1.54, 1.807) is 43.3 Å². The lowest BCUT2D eigenvalue weighted by Crippen LogP contribution is -2.30. The van der Waals surface area contributed by atoms with Gasteiger partial charge in [-0.15, -0.1) is 0 Å². The molecule has 0 amide bonds. The summed E-state index contributed by atoms with van der Waals surface area (Å²) >= 11 is 0. The van der Waals surface area contributed by atoms with Crippen molar-refractivity contribution in [1.29, 1.82) is 0 Å². The Bertz CT molecular complexity index is 727. The molecule has 0 heterocycles.